The third-order valence-corrected chi connectivity index (χ3v) is 2.90. The highest BCUT2D eigenvalue weighted by atomic mass is 32.1. The molecule has 0 aliphatic heterocycles. The molecule has 0 saturated carbocycles. The first kappa shape index (κ1) is 13.8. The normalized spacial score (nSPS) is 10.0. The van der Waals surface area contributed by atoms with E-state index in [-0.39, 0.29) is 16.3 Å². The fraction of sp³-hybridized carbons (Fsp3) is 0. The van der Waals surface area contributed by atoms with Gasteiger partial charge in [-0.05, 0) is 24.3 Å². The molecule has 20 heavy (non-hydrogen) atoms. The molecular weight excluding hydrogens is 276 g/mol. The lowest BCUT2D eigenvalue weighted by molar-refractivity contribution is 0.102. The van der Waals surface area contributed by atoms with Gasteiger partial charge in [0, 0.05) is 11.3 Å². The molecule has 0 fully saturated rings. The molecule has 6 heteroatoms. The molecule has 0 bridgehead atoms. The van der Waals surface area contributed by atoms with Gasteiger partial charge >= 0.3 is 0 Å². The number of para-hydroxylation sites is 1. The second-order valence-electron chi connectivity index (χ2n) is 4.07. The van der Waals surface area contributed by atoms with E-state index < -0.39 is 11.7 Å². The van der Waals surface area contributed by atoms with Crippen LogP contribution in [0.5, 0.6) is 11.5 Å². The van der Waals surface area contributed by atoms with Gasteiger partial charge in [-0.2, -0.15) is 0 Å². The Morgan fingerprint density at radius 2 is 1.85 bits per heavy atom. The maximum Gasteiger partial charge on any atom is 0.259 e. The molecule has 0 unspecified atom stereocenters. The van der Waals surface area contributed by atoms with Crippen molar-refractivity contribution in [3.8, 4) is 11.5 Å². The lowest BCUT2D eigenvalue weighted by atomic mass is 10.1. The molecule has 2 aromatic carbocycles. The Morgan fingerprint density at radius 1 is 1.15 bits per heavy atom. The minimum Gasteiger partial charge on any atom is -0.504 e. The summed E-state index contributed by atoms with van der Waals surface area (Å²) in [4.78, 5) is 12.2. The second-order valence-corrected chi connectivity index (χ2v) is 4.51. The van der Waals surface area contributed by atoms with E-state index in [2.05, 4.69) is 5.32 Å². The number of carbonyl (C=O) groups excluding carboxylic acids is 1. The molecule has 0 aliphatic carbocycles. The number of phenolic OH excluding ortho intramolecular Hbond substituents is 2. The first-order valence-corrected chi connectivity index (χ1v) is 6.12. The SMILES string of the molecule is NC(=S)c1cccc(NC(=O)c2cccc(O)c2O)c1. The molecule has 0 atom stereocenters. The van der Waals surface area contributed by atoms with Crippen molar-refractivity contribution in [2.45, 2.75) is 0 Å². The highest BCUT2D eigenvalue weighted by molar-refractivity contribution is 7.80. The summed E-state index contributed by atoms with van der Waals surface area (Å²) in [6, 6.07) is 10.9. The van der Waals surface area contributed by atoms with Crippen LogP contribution in [-0.4, -0.2) is 21.1 Å². The highest BCUT2D eigenvalue weighted by Crippen LogP contribution is 2.28. The molecule has 102 valence electrons. The lowest BCUT2D eigenvalue weighted by Gasteiger charge is -2.08. The van der Waals surface area contributed by atoms with Crippen molar-refractivity contribution in [3.05, 3.63) is 53.6 Å². The van der Waals surface area contributed by atoms with Crippen LogP contribution in [-0.2, 0) is 0 Å². The van der Waals surface area contributed by atoms with Gasteiger partial charge in [0.1, 0.15) is 4.99 Å². The number of aromatic hydroxyl groups is 2. The van der Waals surface area contributed by atoms with E-state index in [0.717, 1.165) is 0 Å². The molecule has 0 aromatic heterocycles. The zero-order chi connectivity index (χ0) is 14.7. The summed E-state index contributed by atoms with van der Waals surface area (Å²) in [5.41, 5.74) is 6.60. The maximum absolute atomic E-state index is 12.0. The summed E-state index contributed by atoms with van der Waals surface area (Å²) in [6.07, 6.45) is 0. The van der Waals surface area contributed by atoms with Crippen molar-refractivity contribution < 1.29 is 15.0 Å². The number of benzene rings is 2. The molecule has 0 heterocycles. The van der Waals surface area contributed by atoms with E-state index in [1.165, 1.54) is 18.2 Å². The summed E-state index contributed by atoms with van der Waals surface area (Å²) < 4.78 is 0. The van der Waals surface area contributed by atoms with E-state index in [9.17, 15) is 15.0 Å². The standard InChI is InChI=1S/C14H12N2O3S/c15-13(20)8-3-1-4-9(7-8)16-14(19)10-5-2-6-11(17)12(10)18/h1-7,17-18H,(H2,15,20)(H,16,19). The van der Waals surface area contributed by atoms with Crippen molar-refractivity contribution in [2.75, 3.05) is 5.32 Å². The minimum absolute atomic E-state index is 0.0225. The number of rotatable bonds is 3. The topological polar surface area (TPSA) is 95.6 Å². The van der Waals surface area contributed by atoms with Gasteiger partial charge in [0.25, 0.3) is 5.91 Å². The molecule has 5 nitrogen and oxygen atoms in total. The van der Waals surface area contributed by atoms with Crippen LogP contribution in [0.1, 0.15) is 15.9 Å². The van der Waals surface area contributed by atoms with Crippen molar-refractivity contribution >= 4 is 28.8 Å². The largest absolute Gasteiger partial charge is 0.504 e. The molecule has 2 aromatic rings. The van der Waals surface area contributed by atoms with Gasteiger partial charge in [-0.3, -0.25) is 4.79 Å². The number of nitrogens with one attached hydrogen (secondary N) is 1. The van der Waals surface area contributed by atoms with Gasteiger partial charge in [0.05, 0.1) is 5.56 Å². The van der Waals surface area contributed by atoms with Gasteiger partial charge in [-0.1, -0.05) is 30.4 Å². The number of phenols is 2. The van der Waals surface area contributed by atoms with Crippen LogP contribution >= 0.6 is 12.2 Å². The van der Waals surface area contributed by atoms with Crippen LogP contribution in [0.3, 0.4) is 0 Å². The third-order valence-electron chi connectivity index (χ3n) is 2.66. The molecule has 0 aliphatic rings. The van der Waals surface area contributed by atoms with E-state index in [1.54, 1.807) is 24.3 Å². The molecule has 2 rings (SSSR count). The number of hydrogen-bond acceptors (Lipinski definition) is 4. The Morgan fingerprint density at radius 3 is 2.55 bits per heavy atom. The van der Waals surface area contributed by atoms with E-state index >= 15 is 0 Å². The van der Waals surface area contributed by atoms with E-state index in [4.69, 9.17) is 18.0 Å². The average molecular weight is 288 g/mol. The maximum atomic E-state index is 12.0. The molecule has 5 N–H and O–H groups in total. The highest BCUT2D eigenvalue weighted by Gasteiger charge is 2.14. The van der Waals surface area contributed by atoms with Crippen molar-refractivity contribution in [1.82, 2.24) is 0 Å². The number of amides is 1. The fourth-order valence-electron chi connectivity index (χ4n) is 1.66. The van der Waals surface area contributed by atoms with Crippen LogP contribution in [0.25, 0.3) is 0 Å². The van der Waals surface area contributed by atoms with Crippen LogP contribution in [0.15, 0.2) is 42.5 Å². The Balaban J connectivity index is 2.26. The summed E-state index contributed by atoms with van der Waals surface area (Å²) >= 11 is 4.86. The summed E-state index contributed by atoms with van der Waals surface area (Å²) in [6.45, 7) is 0. The smallest absolute Gasteiger partial charge is 0.259 e. The number of thiocarbonyl (C=S) groups is 1. The number of hydrogen-bond donors (Lipinski definition) is 4. The van der Waals surface area contributed by atoms with Gasteiger partial charge < -0.3 is 21.3 Å². The summed E-state index contributed by atoms with van der Waals surface area (Å²) in [7, 11) is 0. The third kappa shape index (κ3) is 2.86. The average Bonchev–Trinajstić information content (AvgIpc) is 2.42. The molecule has 0 saturated heterocycles. The number of carbonyl (C=O) groups is 1. The first-order chi connectivity index (χ1) is 9.49. The van der Waals surface area contributed by atoms with Gasteiger partial charge in [0.2, 0.25) is 0 Å². The van der Waals surface area contributed by atoms with Crippen molar-refractivity contribution in [3.63, 3.8) is 0 Å². The van der Waals surface area contributed by atoms with Gasteiger partial charge in [-0.15, -0.1) is 0 Å². The predicted molar refractivity (Wildman–Crippen MR) is 80.1 cm³/mol. The Labute approximate surface area is 120 Å². The first-order valence-electron chi connectivity index (χ1n) is 5.71. The second kappa shape index (κ2) is 5.58. The van der Waals surface area contributed by atoms with Crippen LogP contribution in [0.2, 0.25) is 0 Å². The van der Waals surface area contributed by atoms with E-state index in [1.807, 2.05) is 0 Å². The minimum atomic E-state index is -0.543. The van der Waals surface area contributed by atoms with E-state index in [0.29, 0.717) is 11.3 Å². The van der Waals surface area contributed by atoms with Crippen LogP contribution in [0, 0.1) is 0 Å². The molecular formula is C14H12N2O3S. The van der Waals surface area contributed by atoms with Gasteiger partial charge in [0.15, 0.2) is 11.5 Å². The fourth-order valence-corrected chi connectivity index (χ4v) is 1.79. The lowest BCUT2D eigenvalue weighted by Crippen LogP contribution is -2.14. The number of nitrogens with two attached hydrogens (primary N) is 1. The Kier molecular flexibility index (Phi) is 3.86. The molecule has 0 spiro atoms. The summed E-state index contributed by atoms with van der Waals surface area (Å²) in [5, 5.41) is 21.6. The number of anilines is 1. The van der Waals surface area contributed by atoms with Crippen LogP contribution in [0.4, 0.5) is 5.69 Å². The summed E-state index contributed by atoms with van der Waals surface area (Å²) in [5.74, 6) is -1.36. The Hall–Kier alpha value is -2.60. The van der Waals surface area contributed by atoms with Gasteiger partial charge in [-0.25, -0.2) is 0 Å². The Bertz CT molecular complexity index is 686. The zero-order valence-electron chi connectivity index (χ0n) is 10.3. The molecule has 0 radical (unpaired) electrons. The monoisotopic (exact) mass is 288 g/mol. The quantitative estimate of drug-likeness (QED) is 0.511. The van der Waals surface area contributed by atoms with Crippen molar-refractivity contribution in [1.29, 1.82) is 0 Å². The molecule has 1 amide bonds. The predicted octanol–water partition coefficient (Wildman–Crippen LogP) is 1.98. The van der Waals surface area contributed by atoms with Crippen LogP contribution < -0.4 is 11.1 Å². The zero-order valence-corrected chi connectivity index (χ0v) is 11.1. The van der Waals surface area contributed by atoms with Crippen molar-refractivity contribution in [2.24, 2.45) is 5.73 Å².